The third-order valence-electron chi connectivity index (χ3n) is 8.10. The number of esters is 2. The van der Waals surface area contributed by atoms with Gasteiger partial charge in [-0.1, -0.05) is 136 Å². The molecule has 5 nitrogen and oxygen atoms in total. The topological polar surface area (TPSA) is 72.8 Å². The maximum Gasteiger partial charge on any atom is 0.306 e. The van der Waals surface area contributed by atoms with Crippen LogP contribution in [0.3, 0.4) is 0 Å². The highest BCUT2D eigenvalue weighted by Crippen LogP contribution is 2.23. The molecule has 1 N–H and O–H groups in total. The van der Waals surface area contributed by atoms with Gasteiger partial charge in [0.15, 0.2) is 0 Å². The van der Waals surface area contributed by atoms with E-state index in [0.29, 0.717) is 32.0 Å². The zero-order chi connectivity index (χ0) is 29.5. The molecule has 0 radical (unpaired) electrons. The standard InChI is InChI=1S/C35H68O5/c1-4-7-10-13-15-16-18-21-27-34(37)39-30-33(26-22-23-28-36)31-40-35(38)29-32(24-19-12-9-6-3)25-20-17-14-11-8-5-2/h32-33,36H,4-31H2,1-3H3. The van der Waals surface area contributed by atoms with Crippen LogP contribution in [0.5, 0.6) is 0 Å². The second-order valence-electron chi connectivity index (χ2n) is 12.2. The van der Waals surface area contributed by atoms with E-state index >= 15 is 0 Å². The average Bonchev–Trinajstić information content (AvgIpc) is 2.95. The summed E-state index contributed by atoms with van der Waals surface area (Å²) in [6.45, 7) is 7.47. The Hall–Kier alpha value is -1.10. The number of rotatable bonds is 31. The molecule has 40 heavy (non-hydrogen) atoms. The third kappa shape index (κ3) is 27.1. The largest absolute Gasteiger partial charge is 0.465 e. The van der Waals surface area contributed by atoms with Gasteiger partial charge in [0.05, 0.1) is 13.2 Å². The minimum absolute atomic E-state index is 0.000384. The molecule has 0 rings (SSSR count). The van der Waals surface area contributed by atoms with Gasteiger partial charge in [-0.25, -0.2) is 0 Å². The molecule has 0 aliphatic rings. The van der Waals surface area contributed by atoms with Gasteiger partial charge in [-0.3, -0.25) is 9.59 Å². The number of carbonyl (C=O) groups excluding carboxylic acids is 2. The van der Waals surface area contributed by atoms with Crippen LogP contribution in [0.15, 0.2) is 0 Å². The Morgan fingerprint density at radius 3 is 1.43 bits per heavy atom. The van der Waals surface area contributed by atoms with Crippen LogP contribution in [0, 0.1) is 11.8 Å². The van der Waals surface area contributed by atoms with Crippen LogP contribution >= 0.6 is 0 Å². The van der Waals surface area contributed by atoms with Crippen LogP contribution in [0.1, 0.15) is 181 Å². The first-order chi connectivity index (χ1) is 19.6. The highest BCUT2D eigenvalue weighted by atomic mass is 16.5. The molecule has 2 unspecified atom stereocenters. The van der Waals surface area contributed by atoms with Gasteiger partial charge in [-0.2, -0.15) is 0 Å². The van der Waals surface area contributed by atoms with Crippen LogP contribution in [0.25, 0.3) is 0 Å². The molecule has 0 aromatic heterocycles. The first-order valence-electron chi connectivity index (χ1n) is 17.5. The van der Waals surface area contributed by atoms with Gasteiger partial charge in [0.25, 0.3) is 0 Å². The molecule has 0 aliphatic heterocycles. The fourth-order valence-electron chi connectivity index (χ4n) is 5.37. The Kier molecular flexibility index (Phi) is 30.0. The van der Waals surface area contributed by atoms with Gasteiger partial charge >= 0.3 is 11.9 Å². The summed E-state index contributed by atoms with van der Waals surface area (Å²) in [4.78, 5) is 25.1. The van der Waals surface area contributed by atoms with E-state index in [1.807, 2.05) is 0 Å². The number of hydrogen-bond acceptors (Lipinski definition) is 5. The summed E-state index contributed by atoms with van der Waals surface area (Å²) >= 11 is 0. The summed E-state index contributed by atoms with van der Waals surface area (Å²) in [7, 11) is 0. The highest BCUT2D eigenvalue weighted by molar-refractivity contribution is 5.70. The number of aliphatic hydroxyl groups excluding tert-OH is 1. The lowest BCUT2D eigenvalue weighted by Gasteiger charge is -2.19. The lowest BCUT2D eigenvalue weighted by molar-refractivity contribution is -0.150. The van der Waals surface area contributed by atoms with E-state index in [9.17, 15) is 14.7 Å². The minimum atomic E-state index is -0.143. The molecule has 0 aromatic rings. The van der Waals surface area contributed by atoms with Crippen molar-refractivity contribution >= 4 is 11.9 Å². The summed E-state index contributed by atoms with van der Waals surface area (Å²) < 4.78 is 11.3. The van der Waals surface area contributed by atoms with E-state index in [-0.39, 0.29) is 24.5 Å². The number of carbonyl (C=O) groups is 2. The molecule has 238 valence electrons. The van der Waals surface area contributed by atoms with Crippen LogP contribution in [0.4, 0.5) is 0 Å². The van der Waals surface area contributed by atoms with Crippen molar-refractivity contribution in [1.29, 1.82) is 0 Å². The fourth-order valence-corrected chi connectivity index (χ4v) is 5.37. The first kappa shape index (κ1) is 38.9. The smallest absolute Gasteiger partial charge is 0.306 e. The number of unbranched alkanes of at least 4 members (excludes halogenated alkanes) is 16. The highest BCUT2D eigenvalue weighted by Gasteiger charge is 2.18. The Morgan fingerprint density at radius 2 is 0.900 bits per heavy atom. The van der Waals surface area contributed by atoms with Crippen molar-refractivity contribution in [1.82, 2.24) is 0 Å². The van der Waals surface area contributed by atoms with Crippen molar-refractivity contribution in [3.05, 3.63) is 0 Å². The fraction of sp³-hybridized carbons (Fsp3) is 0.943. The molecule has 0 heterocycles. The number of ether oxygens (including phenoxy) is 2. The van der Waals surface area contributed by atoms with E-state index in [0.717, 1.165) is 44.9 Å². The zero-order valence-electron chi connectivity index (χ0n) is 27.0. The molecule has 2 atom stereocenters. The van der Waals surface area contributed by atoms with Crippen LogP contribution < -0.4 is 0 Å². The van der Waals surface area contributed by atoms with E-state index in [4.69, 9.17) is 9.47 Å². The van der Waals surface area contributed by atoms with Gasteiger partial charge in [-0.05, 0) is 38.0 Å². The van der Waals surface area contributed by atoms with Crippen LogP contribution in [-0.2, 0) is 19.1 Å². The summed E-state index contributed by atoms with van der Waals surface area (Å²) in [5, 5.41) is 9.18. The van der Waals surface area contributed by atoms with Gasteiger partial charge in [0, 0.05) is 25.4 Å². The normalized spacial score (nSPS) is 12.8. The molecule has 0 bridgehead atoms. The van der Waals surface area contributed by atoms with Gasteiger partial charge in [0.2, 0.25) is 0 Å². The maximum absolute atomic E-state index is 12.8. The predicted octanol–water partition coefficient (Wildman–Crippen LogP) is 10.1. The van der Waals surface area contributed by atoms with E-state index in [1.54, 1.807) is 0 Å². The summed E-state index contributed by atoms with van der Waals surface area (Å²) in [6.07, 6.45) is 27.8. The Balaban J connectivity index is 4.46. The maximum atomic E-state index is 12.8. The summed E-state index contributed by atoms with van der Waals surface area (Å²) in [5.41, 5.74) is 0. The molecule has 0 saturated heterocycles. The molecule has 0 fully saturated rings. The third-order valence-corrected chi connectivity index (χ3v) is 8.10. The Labute approximate surface area is 248 Å². The first-order valence-corrected chi connectivity index (χ1v) is 17.5. The van der Waals surface area contributed by atoms with Gasteiger partial charge in [-0.15, -0.1) is 0 Å². The summed E-state index contributed by atoms with van der Waals surface area (Å²) in [6, 6.07) is 0. The molecule has 5 heteroatoms. The van der Waals surface area contributed by atoms with Gasteiger partial charge < -0.3 is 14.6 Å². The molecule has 0 aliphatic carbocycles. The van der Waals surface area contributed by atoms with E-state index in [1.165, 1.54) is 103 Å². The SMILES string of the molecule is CCCCCCCCCCC(=O)OCC(CCCCO)COC(=O)CC(CCCCCC)CCCCCCCC. The molecule has 0 aromatic carbocycles. The average molecular weight is 569 g/mol. The minimum Gasteiger partial charge on any atom is -0.465 e. The van der Waals surface area contributed by atoms with Gasteiger partial charge in [0.1, 0.15) is 0 Å². The zero-order valence-corrected chi connectivity index (χ0v) is 27.0. The summed E-state index contributed by atoms with van der Waals surface area (Å²) in [5.74, 6) is 0.159. The van der Waals surface area contributed by atoms with Crippen molar-refractivity contribution in [3.63, 3.8) is 0 Å². The molecule has 0 spiro atoms. The number of hydrogen-bond donors (Lipinski definition) is 1. The van der Waals surface area contributed by atoms with Crippen molar-refractivity contribution in [3.8, 4) is 0 Å². The molecule has 0 saturated carbocycles. The van der Waals surface area contributed by atoms with Crippen molar-refractivity contribution in [2.75, 3.05) is 19.8 Å². The quantitative estimate of drug-likeness (QED) is 0.0665. The molecular weight excluding hydrogens is 500 g/mol. The molecular formula is C35H68O5. The monoisotopic (exact) mass is 569 g/mol. The van der Waals surface area contributed by atoms with Crippen molar-refractivity contribution < 1.29 is 24.2 Å². The van der Waals surface area contributed by atoms with Crippen molar-refractivity contribution in [2.24, 2.45) is 11.8 Å². The van der Waals surface area contributed by atoms with E-state index in [2.05, 4.69) is 20.8 Å². The Bertz CT molecular complexity index is 550. The lowest BCUT2D eigenvalue weighted by atomic mass is 9.91. The lowest BCUT2D eigenvalue weighted by Crippen LogP contribution is -2.22. The van der Waals surface area contributed by atoms with E-state index < -0.39 is 0 Å². The van der Waals surface area contributed by atoms with Crippen LogP contribution in [0.2, 0.25) is 0 Å². The van der Waals surface area contributed by atoms with Crippen LogP contribution in [-0.4, -0.2) is 36.9 Å². The molecule has 0 amide bonds. The second-order valence-corrected chi connectivity index (χ2v) is 12.2. The second kappa shape index (κ2) is 30.8. The Morgan fingerprint density at radius 1 is 0.500 bits per heavy atom. The predicted molar refractivity (Wildman–Crippen MR) is 168 cm³/mol. The van der Waals surface area contributed by atoms with Crippen molar-refractivity contribution in [2.45, 2.75) is 181 Å². The number of aliphatic hydroxyl groups is 1.